The molecule has 30 heavy (non-hydrogen) atoms. The molecule has 150 valence electrons. The van der Waals surface area contributed by atoms with E-state index < -0.39 is 0 Å². The lowest BCUT2D eigenvalue weighted by atomic mass is 10.1. The first-order valence-electron chi connectivity index (χ1n) is 9.91. The van der Waals surface area contributed by atoms with E-state index in [2.05, 4.69) is 54.8 Å². The molecule has 0 aliphatic rings. The fourth-order valence-electron chi connectivity index (χ4n) is 3.69. The highest BCUT2D eigenvalue weighted by Crippen LogP contribution is 2.27. The van der Waals surface area contributed by atoms with Crippen LogP contribution < -0.4 is 10.6 Å². The molecule has 7 nitrogen and oxygen atoms in total. The maximum Gasteiger partial charge on any atom is 0.224 e. The predicted octanol–water partition coefficient (Wildman–Crippen LogP) is 4.41. The Morgan fingerprint density at radius 1 is 0.967 bits per heavy atom. The Bertz CT molecular complexity index is 1310. The second-order valence-corrected chi connectivity index (χ2v) is 7.21. The van der Waals surface area contributed by atoms with Gasteiger partial charge in [0.15, 0.2) is 0 Å². The van der Waals surface area contributed by atoms with Crippen LogP contribution in [0.2, 0.25) is 0 Å². The summed E-state index contributed by atoms with van der Waals surface area (Å²) in [6, 6.07) is 15.7. The monoisotopic (exact) mass is 398 g/mol. The molecule has 5 aromatic rings. The number of nitrogens with one attached hydrogen (secondary N) is 4. The van der Waals surface area contributed by atoms with Crippen molar-refractivity contribution in [1.29, 1.82) is 0 Å². The van der Waals surface area contributed by atoms with Crippen LogP contribution in [0, 0.1) is 0 Å². The maximum absolute atomic E-state index is 10.1. The number of aromatic hydroxyl groups is 1. The van der Waals surface area contributed by atoms with Gasteiger partial charge in [-0.15, -0.1) is 0 Å². The van der Waals surface area contributed by atoms with Gasteiger partial charge in [0.2, 0.25) is 5.95 Å². The van der Waals surface area contributed by atoms with Crippen LogP contribution in [0.1, 0.15) is 11.1 Å². The minimum atomic E-state index is 0.301. The number of hydrogen-bond donors (Lipinski definition) is 5. The standard InChI is InChI=1S/C23H22N6O/c30-20-3-1-2-19-22(20)17(14-27-19)7-10-25-21-8-11-26-23(29-21)28-13-15-4-5-18-16(12-15)6-9-24-18/h1-6,8-9,11-12,14,24,27,30H,7,10,13H2,(H2,25,26,28,29). The van der Waals surface area contributed by atoms with Crippen LogP contribution in [0.3, 0.4) is 0 Å². The highest BCUT2D eigenvalue weighted by atomic mass is 16.3. The number of anilines is 2. The largest absolute Gasteiger partial charge is 0.507 e. The van der Waals surface area contributed by atoms with Crippen molar-refractivity contribution < 1.29 is 5.11 Å². The zero-order valence-corrected chi connectivity index (χ0v) is 16.3. The minimum absolute atomic E-state index is 0.301. The van der Waals surface area contributed by atoms with Crippen molar-refractivity contribution in [2.75, 3.05) is 17.2 Å². The normalized spacial score (nSPS) is 11.2. The Balaban J connectivity index is 1.20. The molecule has 0 radical (unpaired) electrons. The molecule has 0 saturated carbocycles. The molecule has 5 N–H and O–H groups in total. The lowest BCUT2D eigenvalue weighted by molar-refractivity contribution is 0.481. The third-order valence-corrected chi connectivity index (χ3v) is 5.19. The Labute approximate surface area is 173 Å². The summed E-state index contributed by atoms with van der Waals surface area (Å²) in [5.74, 6) is 1.65. The number of benzene rings is 2. The van der Waals surface area contributed by atoms with Gasteiger partial charge in [0.05, 0.1) is 0 Å². The van der Waals surface area contributed by atoms with Gasteiger partial charge in [0.25, 0.3) is 0 Å². The van der Waals surface area contributed by atoms with E-state index in [4.69, 9.17) is 0 Å². The zero-order valence-electron chi connectivity index (χ0n) is 16.3. The van der Waals surface area contributed by atoms with E-state index in [0.717, 1.165) is 34.2 Å². The Morgan fingerprint density at radius 3 is 2.90 bits per heavy atom. The topological polar surface area (TPSA) is 102 Å². The van der Waals surface area contributed by atoms with Crippen LogP contribution in [0.5, 0.6) is 5.75 Å². The van der Waals surface area contributed by atoms with Crippen molar-refractivity contribution in [3.8, 4) is 5.75 Å². The lowest BCUT2D eigenvalue weighted by Gasteiger charge is -2.09. The number of phenolic OH excluding ortho intramolecular Hbond substituents is 1. The van der Waals surface area contributed by atoms with Crippen LogP contribution in [0.4, 0.5) is 11.8 Å². The number of rotatable bonds is 7. The Kier molecular flexibility index (Phi) is 4.69. The molecule has 0 saturated heterocycles. The molecule has 7 heteroatoms. The van der Waals surface area contributed by atoms with Gasteiger partial charge in [-0.2, -0.15) is 4.98 Å². The Hall–Kier alpha value is -4.00. The summed E-state index contributed by atoms with van der Waals surface area (Å²) in [4.78, 5) is 15.3. The average molecular weight is 398 g/mol. The van der Waals surface area contributed by atoms with Crippen LogP contribution in [0.15, 0.2) is 67.1 Å². The summed E-state index contributed by atoms with van der Waals surface area (Å²) in [6.07, 6.45) is 6.39. The molecule has 2 aromatic carbocycles. The number of aromatic amines is 2. The highest BCUT2D eigenvalue weighted by Gasteiger charge is 2.08. The van der Waals surface area contributed by atoms with Crippen LogP contribution in [-0.4, -0.2) is 31.6 Å². The number of nitrogens with zero attached hydrogens (tertiary/aromatic N) is 2. The lowest BCUT2D eigenvalue weighted by Crippen LogP contribution is -2.09. The fraction of sp³-hybridized carbons (Fsp3) is 0.130. The highest BCUT2D eigenvalue weighted by molar-refractivity contribution is 5.89. The van der Waals surface area contributed by atoms with Gasteiger partial charge >= 0.3 is 0 Å². The summed E-state index contributed by atoms with van der Waals surface area (Å²) in [7, 11) is 0. The van der Waals surface area contributed by atoms with Crippen LogP contribution in [-0.2, 0) is 13.0 Å². The first-order chi connectivity index (χ1) is 14.8. The van der Waals surface area contributed by atoms with Crippen molar-refractivity contribution in [3.05, 3.63) is 78.2 Å². The molecule has 3 aromatic heterocycles. The smallest absolute Gasteiger partial charge is 0.224 e. The molecule has 0 atom stereocenters. The molecule has 0 fully saturated rings. The Morgan fingerprint density at radius 2 is 1.93 bits per heavy atom. The van der Waals surface area contributed by atoms with Gasteiger partial charge in [-0.3, -0.25) is 0 Å². The molecule has 3 heterocycles. The third kappa shape index (κ3) is 3.65. The molecule has 0 aliphatic carbocycles. The zero-order chi connectivity index (χ0) is 20.3. The molecule has 0 spiro atoms. The van der Waals surface area contributed by atoms with Crippen molar-refractivity contribution in [2.24, 2.45) is 0 Å². The van der Waals surface area contributed by atoms with E-state index in [1.165, 1.54) is 10.9 Å². The van der Waals surface area contributed by atoms with E-state index in [1.807, 2.05) is 30.6 Å². The van der Waals surface area contributed by atoms with Gasteiger partial charge in [0, 0.05) is 48.1 Å². The van der Waals surface area contributed by atoms with E-state index in [-0.39, 0.29) is 0 Å². The van der Waals surface area contributed by atoms with Gasteiger partial charge < -0.3 is 25.7 Å². The van der Waals surface area contributed by atoms with Gasteiger partial charge in [-0.1, -0.05) is 12.1 Å². The molecule has 5 rings (SSSR count). The third-order valence-electron chi connectivity index (χ3n) is 5.19. The number of hydrogen-bond acceptors (Lipinski definition) is 5. The minimum Gasteiger partial charge on any atom is -0.507 e. The first kappa shape index (κ1) is 18.1. The summed E-state index contributed by atoms with van der Waals surface area (Å²) in [6.45, 7) is 1.35. The first-order valence-corrected chi connectivity index (χ1v) is 9.91. The number of phenols is 1. The van der Waals surface area contributed by atoms with E-state index in [1.54, 1.807) is 12.3 Å². The van der Waals surface area contributed by atoms with Gasteiger partial charge in [0.1, 0.15) is 11.6 Å². The summed E-state index contributed by atoms with van der Waals surface area (Å²) in [5, 5.41) is 18.8. The molecular weight excluding hydrogens is 376 g/mol. The quantitative estimate of drug-likeness (QED) is 0.279. The molecule has 0 bridgehead atoms. The number of fused-ring (bicyclic) bond motifs is 2. The van der Waals surface area contributed by atoms with Crippen LogP contribution >= 0.6 is 0 Å². The average Bonchev–Trinajstić information content (AvgIpc) is 3.40. The second kappa shape index (κ2) is 7.79. The predicted molar refractivity (Wildman–Crippen MR) is 120 cm³/mol. The second-order valence-electron chi connectivity index (χ2n) is 7.21. The molecule has 0 amide bonds. The molecule has 0 unspecified atom stereocenters. The summed E-state index contributed by atoms with van der Waals surface area (Å²) >= 11 is 0. The van der Waals surface area contributed by atoms with Crippen molar-refractivity contribution in [1.82, 2.24) is 19.9 Å². The van der Waals surface area contributed by atoms with E-state index in [0.29, 0.717) is 24.8 Å². The summed E-state index contributed by atoms with van der Waals surface area (Å²) in [5.41, 5.74) is 4.31. The fourth-order valence-corrected chi connectivity index (χ4v) is 3.69. The van der Waals surface area contributed by atoms with E-state index >= 15 is 0 Å². The van der Waals surface area contributed by atoms with Crippen LogP contribution in [0.25, 0.3) is 21.8 Å². The SMILES string of the molecule is Oc1cccc2[nH]cc(CCNc3ccnc(NCc4ccc5[nH]ccc5c4)n3)c12. The van der Waals surface area contributed by atoms with Crippen molar-refractivity contribution in [3.63, 3.8) is 0 Å². The molecule has 0 aliphatic heterocycles. The van der Waals surface area contributed by atoms with Gasteiger partial charge in [-0.05, 0) is 59.3 Å². The van der Waals surface area contributed by atoms with Crippen molar-refractivity contribution >= 4 is 33.6 Å². The number of H-pyrrole nitrogens is 2. The number of aromatic nitrogens is 4. The van der Waals surface area contributed by atoms with Gasteiger partial charge in [-0.25, -0.2) is 4.98 Å². The summed E-state index contributed by atoms with van der Waals surface area (Å²) < 4.78 is 0. The maximum atomic E-state index is 10.1. The molecular formula is C23H22N6O. The van der Waals surface area contributed by atoms with E-state index in [9.17, 15) is 5.11 Å². The van der Waals surface area contributed by atoms with Crippen molar-refractivity contribution in [2.45, 2.75) is 13.0 Å².